The summed E-state index contributed by atoms with van der Waals surface area (Å²) >= 11 is 0. The number of para-hydroxylation sites is 1. The normalized spacial score (nSPS) is 14.9. The van der Waals surface area contributed by atoms with Gasteiger partial charge in [0.1, 0.15) is 11.8 Å². The zero-order valence-corrected chi connectivity index (χ0v) is 26.4. The van der Waals surface area contributed by atoms with E-state index in [9.17, 15) is 19.5 Å². The van der Waals surface area contributed by atoms with Crippen LogP contribution < -0.4 is 26.8 Å². The Bertz CT molecular complexity index is 917. The molecule has 0 heterocycles. The molecular formula is C30H53ClN4O6. The minimum Gasteiger partial charge on any atom is -0.493 e. The summed E-state index contributed by atoms with van der Waals surface area (Å²) in [6, 6.07) is 5.80. The third-order valence-electron chi connectivity index (χ3n) is 7.37. The van der Waals surface area contributed by atoms with Crippen molar-refractivity contribution in [2.24, 2.45) is 35.1 Å². The van der Waals surface area contributed by atoms with Gasteiger partial charge in [0.25, 0.3) is 5.91 Å². The maximum atomic E-state index is 13.0. The molecule has 0 bridgehead atoms. The molecule has 11 heteroatoms. The molecule has 0 spiro atoms. The molecule has 0 aliphatic rings. The molecule has 10 nitrogen and oxygen atoms in total. The summed E-state index contributed by atoms with van der Waals surface area (Å²) in [6.07, 6.45) is 1.77. The number of benzene rings is 1. The molecule has 1 aromatic rings. The minimum atomic E-state index is -0.934. The van der Waals surface area contributed by atoms with Gasteiger partial charge in [-0.3, -0.25) is 14.4 Å². The third kappa shape index (κ3) is 13.9. The molecule has 5 atom stereocenters. The Morgan fingerprint density at radius 1 is 1.00 bits per heavy atom. The number of ether oxygens (including phenoxy) is 2. The van der Waals surface area contributed by atoms with E-state index >= 15 is 0 Å². The van der Waals surface area contributed by atoms with Crippen molar-refractivity contribution in [3.8, 4) is 5.75 Å². The largest absolute Gasteiger partial charge is 0.493 e. The molecule has 1 rings (SSSR count). The van der Waals surface area contributed by atoms with Gasteiger partial charge in [-0.05, 0) is 62.0 Å². The van der Waals surface area contributed by atoms with Crippen LogP contribution in [-0.4, -0.2) is 67.9 Å². The lowest BCUT2D eigenvalue weighted by atomic mass is 9.83. The van der Waals surface area contributed by atoms with E-state index in [0.29, 0.717) is 43.9 Å². The molecule has 1 aromatic carbocycles. The Hall–Kier alpha value is -2.40. The average Bonchev–Trinajstić information content (AvgIpc) is 2.91. The molecule has 5 unspecified atom stereocenters. The predicted octanol–water partition coefficient (Wildman–Crippen LogP) is 3.04. The van der Waals surface area contributed by atoms with Gasteiger partial charge >= 0.3 is 0 Å². The number of hydrogen-bond donors (Lipinski definition) is 5. The Labute approximate surface area is 252 Å². The zero-order valence-electron chi connectivity index (χ0n) is 25.6. The second kappa shape index (κ2) is 20.5. The average molecular weight is 601 g/mol. The quantitative estimate of drug-likeness (QED) is 0.143. The lowest BCUT2D eigenvalue weighted by molar-refractivity contribution is -0.132. The van der Waals surface area contributed by atoms with Crippen molar-refractivity contribution < 1.29 is 29.0 Å². The fraction of sp³-hybridized carbons (Fsp3) is 0.700. The number of amides is 3. The van der Waals surface area contributed by atoms with Crippen LogP contribution in [0.15, 0.2) is 24.3 Å². The lowest BCUT2D eigenvalue weighted by Gasteiger charge is -2.30. The number of carbonyl (C=O) groups is 3. The fourth-order valence-electron chi connectivity index (χ4n) is 4.50. The number of methoxy groups -OCH3 is 1. The molecule has 0 aliphatic carbocycles. The number of aliphatic hydroxyl groups excluding tert-OH is 1. The van der Waals surface area contributed by atoms with E-state index in [1.165, 1.54) is 0 Å². The van der Waals surface area contributed by atoms with Crippen LogP contribution in [0.25, 0.3) is 0 Å². The van der Waals surface area contributed by atoms with Crippen LogP contribution in [0.3, 0.4) is 0 Å². The van der Waals surface area contributed by atoms with E-state index in [2.05, 4.69) is 10.6 Å². The van der Waals surface area contributed by atoms with Gasteiger partial charge in [-0.25, -0.2) is 0 Å². The maximum absolute atomic E-state index is 13.0. The molecule has 0 radical (unpaired) electrons. The summed E-state index contributed by atoms with van der Waals surface area (Å²) in [4.78, 5) is 37.5. The van der Waals surface area contributed by atoms with Gasteiger partial charge in [0.2, 0.25) is 11.8 Å². The monoisotopic (exact) mass is 600 g/mol. The van der Waals surface area contributed by atoms with Crippen LogP contribution in [0.1, 0.15) is 77.1 Å². The molecule has 0 fully saturated rings. The number of aliphatic hydroxyl groups is 1. The van der Waals surface area contributed by atoms with Gasteiger partial charge < -0.3 is 36.7 Å². The molecule has 7 N–H and O–H groups in total. The van der Waals surface area contributed by atoms with Crippen LogP contribution in [0.2, 0.25) is 0 Å². The number of carbonyl (C=O) groups excluding carboxylic acids is 3. The standard InChI is InChI=1S/C30H52N4O6.ClH/c1-7-25(28(32)36)34-30(38)23(20(4)5)17-26(35)24(31)16-21(19(2)3)18-33-29(37)22-12-8-9-13-27(22)40-15-11-10-14-39-6;/h8-9,12-13,19-21,23-26,35H,7,10-11,14-18,31H2,1-6H3,(H2,32,36)(H,33,37)(H,34,38);1H. The van der Waals surface area contributed by atoms with E-state index in [1.807, 2.05) is 33.8 Å². The molecule has 41 heavy (non-hydrogen) atoms. The Balaban J connectivity index is 0.0000160. The van der Waals surface area contributed by atoms with Crippen molar-refractivity contribution in [1.29, 1.82) is 0 Å². The van der Waals surface area contributed by atoms with Crippen LogP contribution in [0, 0.1) is 23.7 Å². The molecule has 3 amide bonds. The van der Waals surface area contributed by atoms with Crippen molar-refractivity contribution in [3.63, 3.8) is 0 Å². The van der Waals surface area contributed by atoms with E-state index in [1.54, 1.807) is 32.2 Å². The maximum Gasteiger partial charge on any atom is 0.255 e. The van der Waals surface area contributed by atoms with Crippen molar-refractivity contribution in [3.05, 3.63) is 29.8 Å². The van der Waals surface area contributed by atoms with E-state index in [4.69, 9.17) is 20.9 Å². The Kier molecular flexibility index (Phi) is 19.3. The SMILES string of the molecule is CCC(NC(=O)C(CC(O)C(N)CC(CNC(=O)c1ccccc1OCCCCOC)C(C)C)C(C)C)C(N)=O.Cl. The molecular weight excluding hydrogens is 548 g/mol. The van der Waals surface area contributed by atoms with E-state index in [-0.39, 0.29) is 48.4 Å². The lowest BCUT2D eigenvalue weighted by Crippen LogP contribution is -2.49. The first-order valence-corrected chi connectivity index (χ1v) is 14.4. The van der Waals surface area contributed by atoms with Gasteiger partial charge in [0, 0.05) is 32.2 Å². The van der Waals surface area contributed by atoms with Crippen LogP contribution in [0.5, 0.6) is 5.75 Å². The molecule has 0 saturated heterocycles. The number of halogens is 1. The highest BCUT2D eigenvalue weighted by molar-refractivity contribution is 5.96. The second-order valence-electron chi connectivity index (χ2n) is 11.2. The minimum absolute atomic E-state index is 0. The van der Waals surface area contributed by atoms with Gasteiger partial charge in [0.15, 0.2) is 0 Å². The Morgan fingerprint density at radius 2 is 1.63 bits per heavy atom. The summed E-state index contributed by atoms with van der Waals surface area (Å²) in [5.74, 6) is -1.02. The number of nitrogens with one attached hydrogen (secondary N) is 2. The summed E-state index contributed by atoms with van der Waals surface area (Å²) in [7, 11) is 1.66. The summed E-state index contributed by atoms with van der Waals surface area (Å²) in [5.41, 5.74) is 12.3. The summed E-state index contributed by atoms with van der Waals surface area (Å²) in [5, 5.41) is 16.6. The first-order valence-electron chi connectivity index (χ1n) is 14.4. The summed E-state index contributed by atoms with van der Waals surface area (Å²) in [6.45, 7) is 11.2. The number of unbranched alkanes of at least 4 members (excludes halogenated alkanes) is 1. The molecule has 0 aromatic heterocycles. The number of hydrogen-bond acceptors (Lipinski definition) is 7. The summed E-state index contributed by atoms with van der Waals surface area (Å²) < 4.78 is 10.9. The van der Waals surface area contributed by atoms with E-state index < -0.39 is 30.0 Å². The van der Waals surface area contributed by atoms with Gasteiger partial charge in [0.05, 0.1) is 18.3 Å². The van der Waals surface area contributed by atoms with Crippen molar-refractivity contribution >= 4 is 30.1 Å². The van der Waals surface area contributed by atoms with Gasteiger partial charge in [-0.15, -0.1) is 12.4 Å². The van der Waals surface area contributed by atoms with Crippen molar-refractivity contribution in [1.82, 2.24) is 10.6 Å². The van der Waals surface area contributed by atoms with Crippen LogP contribution in [-0.2, 0) is 14.3 Å². The van der Waals surface area contributed by atoms with Crippen LogP contribution in [0.4, 0.5) is 0 Å². The third-order valence-corrected chi connectivity index (χ3v) is 7.37. The van der Waals surface area contributed by atoms with Crippen molar-refractivity contribution in [2.45, 2.75) is 84.9 Å². The first kappa shape index (κ1) is 38.6. The molecule has 0 aliphatic heterocycles. The number of rotatable bonds is 20. The first-order chi connectivity index (χ1) is 18.9. The number of primary amides is 1. The van der Waals surface area contributed by atoms with Crippen molar-refractivity contribution in [2.75, 3.05) is 26.9 Å². The second-order valence-corrected chi connectivity index (χ2v) is 11.2. The predicted molar refractivity (Wildman–Crippen MR) is 164 cm³/mol. The van der Waals surface area contributed by atoms with Gasteiger partial charge in [-0.2, -0.15) is 0 Å². The molecule has 0 saturated carbocycles. The highest BCUT2D eigenvalue weighted by Gasteiger charge is 2.31. The highest BCUT2D eigenvalue weighted by atomic mass is 35.5. The topological polar surface area (TPSA) is 166 Å². The zero-order chi connectivity index (χ0) is 30.2. The Morgan fingerprint density at radius 3 is 2.20 bits per heavy atom. The van der Waals surface area contributed by atoms with Crippen LogP contribution >= 0.6 is 12.4 Å². The smallest absolute Gasteiger partial charge is 0.255 e. The molecule has 236 valence electrons. The highest BCUT2D eigenvalue weighted by Crippen LogP contribution is 2.24. The van der Waals surface area contributed by atoms with E-state index in [0.717, 1.165) is 12.8 Å². The van der Waals surface area contributed by atoms with Gasteiger partial charge in [-0.1, -0.05) is 46.8 Å². The fourth-order valence-corrected chi connectivity index (χ4v) is 4.50. The number of nitrogens with two attached hydrogens (primary N) is 2.